The average molecular weight is 424 g/mol. The highest BCUT2D eigenvalue weighted by Crippen LogP contribution is 2.37. The van der Waals surface area contributed by atoms with Crippen LogP contribution in [0.3, 0.4) is 0 Å². The van der Waals surface area contributed by atoms with Gasteiger partial charge in [-0.1, -0.05) is 48.4 Å². The van der Waals surface area contributed by atoms with Gasteiger partial charge in [-0.3, -0.25) is 9.59 Å². The Balaban J connectivity index is 1.79. The molecule has 2 amide bonds. The number of halogens is 1. The molecule has 156 valence electrons. The summed E-state index contributed by atoms with van der Waals surface area (Å²) >= 11 is 6.10. The zero-order valence-corrected chi connectivity index (χ0v) is 18.4. The number of benzene rings is 2. The Morgan fingerprint density at radius 2 is 1.57 bits per heavy atom. The van der Waals surface area contributed by atoms with Crippen LogP contribution < -0.4 is 4.90 Å². The minimum atomic E-state index is -0.276. The first kappa shape index (κ1) is 20.6. The summed E-state index contributed by atoms with van der Waals surface area (Å²) in [7, 11) is 0. The first-order valence-corrected chi connectivity index (χ1v) is 10.7. The number of amides is 2. The van der Waals surface area contributed by atoms with E-state index in [1.807, 2.05) is 38.1 Å². The summed E-state index contributed by atoms with van der Waals surface area (Å²) in [6.45, 7) is 10.2. The standard InChI is InChI=1S/C24H26ClN3O2/c1-4-26-11-13-27(14-12-26)22-21(18-7-5-16(2)6-8-18)23(29)28(24(22)30)20-10-9-19(25)15-17(20)3/h5-10,15H,4,11-14H2,1-3H3. The molecule has 0 saturated carbocycles. The number of piperazine rings is 1. The molecule has 1 saturated heterocycles. The highest BCUT2D eigenvalue weighted by molar-refractivity contribution is 6.45. The first-order chi connectivity index (χ1) is 14.4. The zero-order chi connectivity index (χ0) is 21.4. The van der Waals surface area contributed by atoms with Crippen LogP contribution in [0, 0.1) is 13.8 Å². The third-order valence-corrected chi connectivity index (χ3v) is 6.17. The molecule has 0 spiro atoms. The van der Waals surface area contributed by atoms with E-state index in [4.69, 9.17) is 11.6 Å². The van der Waals surface area contributed by atoms with Crippen molar-refractivity contribution in [2.75, 3.05) is 37.6 Å². The molecule has 2 heterocycles. The van der Waals surface area contributed by atoms with Crippen molar-refractivity contribution in [1.82, 2.24) is 9.80 Å². The Kier molecular flexibility index (Phi) is 5.67. The van der Waals surface area contributed by atoms with Crippen molar-refractivity contribution in [3.05, 3.63) is 69.9 Å². The van der Waals surface area contributed by atoms with Gasteiger partial charge < -0.3 is 9.80 Å². The van der Waals surface area contributed by atoms with Gasteiger partial charge in [0.1, 0.15) is 5.70 Å². The normalized spacial score (nSPS) is 18.0. The van der Waals surface area contributed by atoms with E-state index >= 15 is 0 Å². The van der Waals surface area contributed by atoms with Crippen molar-refractivity contribution in [2.45, 2.75) is 20.8 Å². The summed E-state index contributed by atoms with van der Waals surface area (Å²) in [5.74, 6) is -0.534. The molecule has 4 rings (SSSR count). The van der Waals surface area contributed by atoms with Gasteiger partial charge in [0.05, 0.1) is 11.3 Å². The van der Waals surface area contributed by atoms with E-state index < -0.39 is 0 Å². The van der Waals surface area contributed by atoms with E-state index in [2.05, 4.69) is 16.7 Å². The van der Waals surface area contributed by atoms with Crippen LogP contribution in [-0.2, 0) is 9.59 Å². The predicted molar refractivity (Wildman–Crippen MR) is 120 cm³/mol. The van der Waals surface area contributed by atoms with Crippen LogP contribution in [-0.4, -0.2) is 54.3 Å². The zero-order valence-electron chi connectivity index (χ0n) is 17.6. The minimum Gasteiger partial charge on any atom is -0.364 e. The maximum Gasteiger partial charge on any atom is 0.282 e. The maximum absolute atomic E-state index is 13.6. The van der Waals surface area contributed by atoms with Gasteiger partial charge in [-0.25, -0.2) is 4.90 Å². The smallest absolute Gasteiger partial charge is 0.282 e. The van der Waals surface area contributed by atoms with Gasteiger partial charge in [-0.2, -0.15) is 0 Å². The van der Waals surface area contributed by atoms with Crippen LogP contribution >= 0.6 is 11.6 Å². The van der Waals surface area contributed by atoms with Gasteiger partial charge in [-0.15, -0.1) is 0 Å². The van der Waals surface area contributed by atoms with Crippen molar-refractivity contribution >= 4 is 34.7 Å². The fraction of sp³-hybridized carbons (Fsp3) is 0.333. The fourth-order valence-electron chi connectivity index (χ4n) is 4.17. The number of aryl methyl sites for hydroxylation is 2. The molecule has 2 aliphatic heterocycles. The first-order valence-electron chi connectivity index (χ1n) is 10.3. The molecule has 2 aromatic rings. The molecule has 30 heavy (non-hydrogen) atoms. The summed E-state index contributed by atoms with van der Waals surface area (Å²) in [6.07, 6.45) is 0. The monoisotopic (exact) mass is 423 g/mol. The molecule has 6 heteroatoms. The van der Waals surface area contributed by atoms with Gasteiger partial charge in [0.25, 0.3) is 11.8 Å². The predicted octanol–water partition coefficient (Wildman–Crippen LogP) is 3.88. The Morgan fingerprint density at radius 1 is 0.900 bits per heavy atom. The number of hydrogen-bond donors (Lipinski definition) is 0. The maximum atomic E-state index is 13.6. The van der Waals surface area contributed by atoms with Crippen molar-refractivity contribution in [2.24, 2.45) is 0 Å². The highest BCUT2D eigenvalue weighted by Gasteiger charge is 2.43. The number of carbonyl (C=O) groups excluding carboxylic acids is 2. The van der Waals surface area contributed by atoms with E-state index in [1.165, 1.54) is 4.90 Å². The second kappa shape index (κ2) is 8.25. The Morgan fingerprint density at radius 3 is 2.17 bits per heavy atom. The fourth-order valence-corrected chi connectivity index (χ4v) is 4.39. The quantitative estimate of drug-likeness (QED) is 0.700. The number of carbonyl (C=O) groups is 2. The lowest BCUT2D eigenvalue weighted by atomic mass is 10.0. The highest BCUT2D eigenvalue weighted by atomic mass is 35.5. The van der Waals surface area contributed by atoms with Crippen LogP contribution in [0.25, 0.3) is 5.57 Å². The van der Waals surface area contributed by atoms with Gasteiger partial charge in [0, 0.05) is 31.2 Å². The number of likely N-dealkylation sites (N-methyl/N-ethyl adjacent to an activating group) is 1. The molecule has 0 N–H and O–H groups in total. The van der Waals surface area contributed by atoms with Crippen LogP contribution in [0.5, 0.6) is 0 Å². The molecule has 0 atom stereocenters. The van der Waals surface area contributed by atoms with E-state index in [9.17, 15) is 9.59 Å². The number of rotatable bonds is 4. The Labute approximate surface area is 182 Å². The van der Waals surface area contributed by atoms with Crippen molar-refractivity contribution in [3.8, 4) is 0 Å². The van der Waals surface area contributed by atoms with E-state index in [-0.39, 0.29) is 11.8 Å². The second-order valence-electron chi connectivity index (χ2n) is 7.89. The Hall–Kier alpha value is -2.63. The molecular formula is C24H26ClN3O2. The lowest BCUT2D eigenvalue weighted by Gasteiger charge is -2.36. The van der Waals surface area contributed by atoms with Gasteiger partial charge in [-0.05, 0) is 49.7 Å². The molecule has 1 fully saturated rings. The molecular weight excluding hydrogens is 398 g/mol. The number of anilines is 1. The summed E-state index contributed by atoms with van der Waals surface area (Å²) in [4.78, 5) is 32.9. The number of imide groups is 1. The van der Waals surface area contributed by atoms with E-state index in [0.29, 0.717) is 22.0 Å². The molecule has 0 unspecified atom stereocenters. The molecule has 2 aromatic carbocycles. The van der Waals surface area contributed by atoms with Gasteiger partial charge >= 0.3 is 0 Å². The van der Waals surface area contributed by atoms with Gasteiger partial charge in [0.15, 0.2) is 0 Å². The van der Waals surface area contributed by atoms with Crippen molar-refractivity contribution < 1.29 is 9.59 Å². The third kappa shape index (κ3) is 3.64. The van der Waals surface area contributed by atoms with Gasteiger partial charge in [0.2, 0.25) is 0 Å². The largest absolute Gasteiger partial charge is 0.364 e. The topological polar surface area (TPSA) is 43.9 Å². The summed E-state index contributed by atoms with van der Waals surface area (Å²) < 4.78 is 0. The molecule has 5 nitrogen and oxygen atoms in total. The molecule has 0 aliphatic carbocycles. The van der Waals surface area contributed by atoms with E-state index in [0.717, 1.165) is 49.4 Å². The van der Waals surface area contributed by atoms with Crippen molar-refractivity contribution in [1.29, 1.82) is 0 Å². The molecule has 2 aliphatic rings. The van der Waals surface area contributed by atoms with Crippen LogP contribution in [0.4, 0.5) is 5.69 Å². The van der Waals surface area contributed by atoms with E-state index in [1.54, 1.807) is 18.2 Å². The second-order valence-corrected chi connectivity index (χ2v) is 8.32. The SMILES string of the molecule is CCN1CCN(C2=C(c3ccc(C)cc3)C(=O)N(c3ccc(Cl)cc3C)C2=O)CC1. The average Bonchev–Trinajstić information content (AvgIpc) is 2.99. The summed E-state index contributed by atoms with van der Waals surface area (Å²) in [6, 6.07) is 13.0. The molecule has 0 bridgehead atoms. The van der Waals surface area contributed by atoms with Crippen molar-refractivity contribution in [3.63, 3.8) is 0 Å². The lowest BCUT2D eigenvalue weighted by Crippen LogP contribution is -2.47. The Bertz CT molecular complexity index is 1020. The van der Waals surface area contributed by atoms with Crippen LogP contribution in [0.2, 0.25) is 5.02 Å². The summed E-state index contributed by atoms with van der Waals surface area (Å²) in [5, 5.41) is 0.581. The molecule has 0 radical (unpaired) electrons. The lowest BCUT2D eigenvalue weighted by molar-refractivity contribution is -0.120. The number of hydrogen-bond acceptors (Lipinski definition) is 4. The molecule has 0 aromatic heterocycles. The third-order valence-electron chi connectivity index (χ3n) is 5.94. The van der Waals surface area contributed by atoms with Crippen LogP contribution in [0.15, 0.2) is 48.2 Å². The summed E-state index contributed by atoms with van der Waals surface area (Å²) in [5.41, 5.74) is 4.26. The van der Waals surface area contributed by atoms with Crippen LogP contribution in [0.1, 0.15) is 23.6 Å². The minimum absolute atomic E-state index is 0.258. The number of nitrogens with zero attached hydrogens (tertiary/aromatic N) is 3.